The van der Waals surface area contributed by atoms with Crippen molar-refractivity contribution in [2.75, 3.05) is 6.54 Å². The Bertz CT molecular complexity index is 260. The predicted octanol–water partition coefficient (Wildman–Crippen LogP) is 2.48. The van der Waals surface area contributed by atoms with Gasteiger partial charge in [0.2, 0.25) is 0 Å². The zero-order valence-corrected chi connectivity index (χ0v) is 8.16. The summed E-state index contributed by atoms with van der Waals surface area (Å²) < 4.78 is 0. The van der Waals surface area contributed by atoms with E-state index in [1.165, 1.54) is 5.56 Å². The van der Waals surface area contributed by atoms with E-state index >= 15 is 0 Å². The van der Waals surface area contributed by atoms with E-state index < -0.39 is 0 Å². The van der Waals surface area contributed by atoms with E-state index in [0.29, 0.717) is 6.54 Å². The highest BCUT2D eigenvalue weighted by Gasteiger charge is 2.24. The molecule has 1 atom stereocenters. The van der Waals surface area contributed by atoms with Crippen molar-refractivity contribution in [2.24, 2.45) is 5.73 Å². The van der Waals surface area contributed by atoms with Gasteiger partial charge in [-0.3, -0.25) is 0 Å². The minimum atomic E-state index is -0.0404. The van der Waals surface area contributed by atoms with E-state index in [1.807, 2.05) is 24.3 Å². The molecule has 0 aliphatic rings. The summed E-state index contributed by atoms with van der Waals surface area (Å²) in [6.07, 6.45) is 2.96. The van der Waals surface area contributed by atoms with Crippen LogP contribution in [0, 0.1) is 0 Å². The second kappa shape index (κ2) is 4.24. The lowest BCUT2D eigenvalue weighted by atomic mass is 9.78. The normalized spacial score (nSPS) is 14.9. The van der Waals surface area contributed by atoms with Gasteiger partial charge < -0.3 is 5.73 Å². The van der Waals surface area contributed by atoms with E-state index in [-0.39, 0.29) is 5.41 Å². The molecule has 0 fully saturated rings. The lowest BCUT2D eigenvalue weighted by Gasteiger charge is -2.28. The summed E-state index contributed by atoms with van der Waals surface area (Å²) in [5.74, 6) is 0. The predicted molar refractivity (Wildman–Crippen MR) is 57.7 cm³/mol. The summed E-state index contributed by atoms with van der Waals surface area (Å²) in [5.41, 5.74) is 7.01. The van der Waals surface area contributed by atoms with Gasteiger partial charge in [0.1, 0.15) is 0 Å². The molecule has 0 aliphatic carbocycles. The van der Waals surface area contributed by atoms with Gasteiger partial charge in [-0.25, -0.2) is 0 Å². The number of hydrogen-bond donors (Lipinski definition) is 1. The second-order valence-corrected chi connectivity index (χ2v) is 3.28. The lowest BCUT2D eigenvalue weighted by Crippen LogP contribution is -2.32. The minimum Gasteiger partial charge on any atom is -0.329 e. The maximum Gasteiger partial charge on any atom is 0.0249 e. The molecule has 13 heavy (non-hydrogen) atoms. The Labute approximate surface area is 80.3 Å². The van der Waals surface area contributed by atoms with Crippen LogP contribution in [0.4, 0.5) is 0 Å². The molecule has 1 aromatic rings. The highest BCUT2D eigenvalue weighted by molar-refractivity contribution is 5.30. The molecule has 0 aliphatic heterocycles. The average molecular weight is 175 g/mol. The average Bonchev–Trinajstić information content (AvgIpc) is 2.23. The third kappa shape index (κ3) is 1.81. The molecular weight excluding hydrogens is 158 g/mol. The molecule has 0 bridgehead atoms. The van der Waals surface area contributed by atoms with E-state index in [0.717, 1.165) is 6.42 Å². The van der Waals surface area contributed by atoms with Gasteiger partial charge in [0.25, 0.3) is 0 Å². The third-order valence-electron chi connectivity index (χ3n) is 2.73. The minimum absolute atomic E-state index is 0.0404. The van der Waals surface area contributed by atoms with Crippen molar-refractivity contribution in [1.82, 2.24) is 0 Å². The molecule has 0 aromatic heterocycles. The Morgan fingerprint density at radius 3 is 2.38 bits per heavy atom. The molecule has 1 unspecified atom stereocenters. The van der Waals surface area contributed by atoms with Crippen molar-refractivity contribution in [3.8, 4) is 0 Å². The molecular formula is C12H17N. The number of nitrogens with two attached hydrogens (primary N) is 1. The molecule has 1 heteroatoms. The summed E-state index contributed by atoms with van der Waals surface area (Å²) in [7, 11) is 0. The number of hydrogen-bond acceptors (Lipinski definition) is 1. The van der Waals surface area contributed by atoms with Gasteiger partial charge in [0.15, 0.2) is 0 Å². The van der Waals surface area contributed by atoms with E-state index in [4.69, 9.17) is 5.73 Å². The van der Waals surface area contributed by atoms with Crippen LogP contribution in [0.1, 0.15) is 18.9 Å². The topological polar surface area (TPSA) is 26.0 Å². The molecule has 1 rings (SSSR count). The van der Waals surface area contributed by atoms with Crippen LogP contribution in [0.15, 0.2) is 43.0 Å². The summed E-state index contributed by atoms with van der Waals surface area (Å²) in [5, 5.41) is 0. The van der Waals surface area contributed by atoms with Gasteiger partial charge in [-0.1, -0.05) is 43.3 Å². The molecule has 0 radical (unpaired) electrons. The van der Waals surface area contributed by atoms with Crippen LogP contribution < -0.4 is 5.73 Å². The van der Waals surface area contributed by atoms with Gasteiger partial charge in [-0.2, -0.15) is 0 Å². The maximum atomic E-state index is 5.79. The van der Waals surface area contributed by atoms with Crippen LogP contribution in [-0.2, 0) is 5.41 Å². The zero-order valence-electron chi connectivity index (χ0n) is 8.16. The van der Waals surface area contributed by atoms with E-state index in [2.05, 4.69) is 25.6 Å². The Morgan fingerprint density at radius 1 is 1.38 bits per heavy atom. The molecule has 70 valence electrons. The molecule has 0 heterocycles. The van der Waals surface area contributed by atoms with Crippen LogP contribution in [0.25, 0.3) is 0 Å². The quantitative estimate of drug-likeness (QED) is 0.699. The first-order chi connectivity index (χ1) is 6.29. The standard InChI is InChI=1S/C12H17N/c1-3-12(4-2,10-13)11-8-6-5-7-9-11/h3,5-9H,1,4,10,13H2,2H3. The number of benzene rings is 1. The van der Waals surface area contributed by atoms with Crippen molar-refractivity contribution in [2.45, 2.75) is 18.8 Å². The summed E-state index contributed by atoms with van der Waals surface area (Å²) in [6, 6.07) is 10.3. The van der Waals surface area contributed by atoms with Crippen LogP contribution in [0.3, 0.4) is 0 Å². The van der Waals surface area contributed by atoms with Crippen LogP contribution >= 0.6 is 0 Å². The monoisotopic (exact) mass is 175 g/mol. The zero-order chi connectivity index (χ0) is 9.73. The Hall–Kier alpha value is -1.08. The van der Waals surface area contributed by atoms with E-state index in [9.17, 15) is 0 Å². The van der Waals surface area contributed by atoms with Crippen molar-refractivity contribution in [3.63, 3.8) is 0 Å². The smallest absolute Gasteiger partial charge is 0.0249 e. The highest BCUT2D eigenvalue weighted by atomic mass is 14.6. The molecule has 1 aromatic carbocycles. The molecule has 0 saturated heterocycles. The molecule has 0 amide bonds. The van der Waals surface area contributed by atoms with Gasteiger partial charge in [-0.15, -0.1) is 6.58 Å². The van der Waals surface area contributed by atoms with Gasteiger partial charge in [0, 0.05) is 12.0 Å². The summed E-state index contributed by atoms with van der Waals surface area (Å²) >= 11 is 0. The summed E-state index contributed by atoms with van der Waals surface area (Å²) in [4.78, 5) is 0. The molecule has 0 spiro atoms. The molecule has 0 saturated carbocycles. The van der Waals surface area contributed by atoms with Gasteiger partial charge in [-0.05, 0) is 12.0 Å². The first kappa shape index (κ1) is 10.0. The van der Waals surface area contributed by atoms with Crippen molar-refractivity contribution >= 4 is 0 Å². The fraction of sp³-hybridized carbons (Fsp3) is 0.333. The van der Waals surface area contributed by atoms with Crippen LogP contribution in [0.2, 0.25) is 0 Å². The first-order valence-corrected chi connectivity index (χ1v) is 4.68. The van der Waals surface area contributed by atoms with Crippen LogP contribution in [0.5, 0.6) is 0 Å². The fourth-order valence-corrected chi connectivity index (χ4v) is 1.58. The van der Waals surface area contributed by atoms with Crippen LogP contribution in [-0.4, -0.2) is 6.54 Å². The van der Waals surface area contributed by atoms with Gasteiger partial charge in [0.05, 0.1) is 0 Å². The van der Waals surface area contributed by atoms with Gasteiger partial charge >= 0.3 is 0 Å². The van der Waals surface area contributed by atoms with Crippen molar-refractivity contribution in [1.29, 1.82) is 0 Å². The summed E-state index contributed by atoms with van der Waals surface area (Å²) in [6.45, 7) is 6.63. The SMILES string of the molecule is C=CC(CC)(CN)c1ccccc1. The van der Waals surface area contributed by atoms with Crippen molar-refractivity contribution in [3.05, 3.63) is 48.6 Å². The Kier molecular flexibility index (Phi) is 3.26. The Morgan fingerprint density at radius 2 is 2.00 bits per heavy atom. The first-order valence-electron chi connectivity index (χ1n) is 4.68. The second-order valence-electron chi connectivity index (χ2n) is 3.28. The highest BCUT2D eigenvalue weighted by Crippen LogP contribution is 2.27. The third-order valence-corrected chi connectivity index (χ3v) is 2.73. The Balaban J connectivity index is 3.08. The largest absolute Gasteiger partial charge is 0.329 e. The molecule has 2 N–H and O–H groups in total. The number of rotatable bonds is 4. The lowest BCUT2D eigenvalue weighted by molar-refractivity contribution is 0.528. The van der Waals surface area contributed by atoms with E-state index in [1.54, 1.807) is 0 Å². The molecule has 1 nitrogen and oxygen atoms in total. The maximum absolute atomic E-state index is 5.79. The van der Waals surface area contributed by atoms with Crippen molar-refractivity contribution < 1.29 is 0 Å². The fourth-order valence-electron chi connectivity index (χ4n) is 1.58.